The molecule has 0 fully saturated rings. The van der Waals surface area contributed by atoms with Crippen LogP contribution in [0, 0.1) is 0 Å². The third kappa shape index (κ3) is 23.7. The van der Waals surface area contributed by atoms with Crippen LogP contribution in [0.4, 0.5) is 0 Å². The van der Waals surface area contributed by atoms with E-state index >= 15 is 0 Å². The molecule has 0 amide bonds. The van der Waals surface area contributed by atoms with E-state index in [-0.39, 0.29) is 0 Å². The monoisotopic (exact) mass is 276 g/mol. The van der Waals surface area contributed by atoms with E-state index in [4.69, 9.17) is 19.6 Å². The molecule has 98 valence electrons. The summed E-state index contributed by atoms with van der Waals surface area (Å²) >= 11 is 0. The van der Waals surface area contributed by atoms with Gasteiger partial charge in [0.1, 0.15) is 0 Å². The van der Waals surface area contributed by atoms with Crippen molar-refractivity contribution in [2.45, 2.75) is 32.6 Å². The first-order valence-electron chi connectivity index (χ1n) is 4.55. The van der Waals surface area contributed by atoms with Gasteiger partial charge in [-0.15, -0.1) is 6.58 Å². The van der Waals surface area contributed by atoms with Crippen molar-refractivity contribution in [3.8, 4) is 0 Å². The molecule has 9 heteroatoms. The molecule has 0 heterocycles. The van der Waals surface area contributed by atoms with Gasteiger partial charge in [0.05, 0.1) is 0 Å². The van der Waals surface area contributed by atoms with E-state index in [1.165, 1.54) is 25.7 Å². The molecule has 0 radical (unpaired) electrons. The largest absolute Gasteiger partial charge is 0.478 e. The highest BCUT2D eigenvalue weighted by atomic mass is 31.3. The van der Waals surface area contributed by atoms with Crippen LogP contribution >= 0.6 is 15.6 Å². The second kappa shape index (κ2) is 9.07. The summed E-state index contributed by atoms with van der Waals surface area (Å²) in [6, 6.07) is 0. The van der Waals surface area contributed by atoms with Gasteiger partial charge in [-0.25, -0.2) is 9.13 Å². The van der Waals surface area contributed by atoms with Crippen LogP contribution in [0.5, 0.6) is 0 Å². The molecular weight excluding hydrogens is 258 g/mol. The molecule has 0 unspecified atom stereocenters. The minimum absolute atomic E-state index is 1.19. The SMILES string of the molecule is C=CCCCCC.O=P(O)(O)OP(=O)(O)O. The van der Waals surface area contributed by atoms with E-state index in [0.29, 0.717) is 0 Å². The maximum atomic E-state index is 9.63. The molecular formula is C7H18O7P2. The minimum Gasteiger partial charge on any atom is -0.302 e. The van der Waals surface area contributed by atoms with Gasteiger partial charge in [-0.1, -0.05) is 25.8 Å². The van der Waals surface area contributed by atoms with E-state index in [1.54, 1.807) is 0 Å². The standard InChI is InChI=1S/C7H14.H4O7P2/c1-3-5-7-6-4-2;1-8(2,3)7-9(4,5)6/h3H,1,4-7H2,2H3;(H2,1,2,3)(H2,4,5,6). The normalized spacial score (nSPS) is 11.6. The Labute approximate surface area is 94.6 Å². The summed E-state index contributed by atoms with van der Waals surface area (Å²) < 4.78 is 22.2. The lowest BCUT2D eigenvalue weighted by molar-refractivity contribution is 0.225. The molecule has 16 heavy (non-hydrogen) atoms. The molecule has 0 aliphatic rings. The summed E-state index contributed by atoms with van der Waals surface area (Å²) in [4.78, 5) is 31.0. The highest BCUT2D eigenvalue weighted by Crippen LogP contribution is 2.53. The summed E-state index contributed by atoms with van der Waals surface area (Å²) in [5, 5.41) is 0. The Balaban J connectivity index is 0. The molecule has 7 nitrogen and oxygen atoms in total. The maximum Gasteiger partial charge on any atom is 0.478 e. The average molecular weight is 276 g/mol. The number of hydrogen-bond donors (Lipinski definition) is 4. The van der Waals surface area contributed by atoms with E-state index in [9.17, 15) is 9.13 Å². The molecule has 0 aromatic rings. The fourth-order valence-electron chi connectivity index (χ4n) is 0.677. The first-order valence-corrected chi connectivity index (χ1v) is 7.61. The molecule has 0 bridgehead atoms. The van der Waals surface area contributed by atoms with Crippen LogP contribution in [0.1, 0.15) is 32.6 Å². The van der Waals surface area contributed by atoms with Gasteiger partial charge in [0.2, 0.25) is 0 Å². The van der Waals surface area contributed by atoms with E-state index in [0.717, 1.165) is 0 Å². The number of allylic oxidation sites excluding steroid dienone is 1. The molecule has 0 aromatic carbocycles. The highest BCUT2D eigenvalue weighted by molar-refractivity contribution is 7.60. The van der Waals surface area contributed by atoms with Crippen molar-refractivity contribution < 1.29 is 33.0 Å². The topological polar surface area (TPSA) is 124 Å². The van der Waals surface area contributed by atoms with Gasteiger partial charge in [0.15, 0.2) is 0 Å². The first kappa shape index (κ1) is 18.4. The third-order valence-corrected chi connectivity index (χ3v) is 2.93. The molecule has 0 saturated carbocycles. The van der Waals surface area contributed by atoms with Gasteiger partial charge < -0.3 is 19.6 Å². The van der Waals surface area contributed by atoms with Crippen molar-refractivity contribution in [3.63, 3.8) is 0 Å². The van der Waals surface area contributed by atoms with Gasteiger partial charge >= 0.3 is 15.6 Å². The molecule has 0 atom stereocenters. The fraction of sp³-hybridized carbons (Fsp3) is 0.714. The zero-order chi connectivity index (χ0) is 13.2. The second-order valence-corrected chi connectivity index (χ2v) is 5.46. The van der Waals surface area contributed by atoms with Crippen LogP contribution < -0.4 is 0 Å². The lowest BCUT2D eigenvalue weighted by atomic mass is 10.2. The molecule has 0 rings (SSSR count). The number of phosphoric acid groups is 2. The molecule has 0 aromatic heterocycles. The van der Waals surface area contributed by atoms with Gasteiger partial charge in [-0.3, -0.25) is 0 Å². The van der Waals surface area contributed by atoms with Gasteiger partial charge in [0, 0.05) is 0 Å². The van der Waals surface area contributed by atoms with Crippen LogP contribution in [0.3, 0.4) is 0 Å². The molecule has 4 N–H and O–H groups in total. The van der Waals surface area contributed by atoms with Crippen molar-refractivity contribution in [2.24, 2.45) is 0 Å². The second-order valence-electron chi connectivity index (χ2n) is 2.85. The van der Waals surface area contributed by atoms with Crippen molar-refractivity contribution in [1.82, 2.24) is 0 Å². The summed E-state index contributed by atoms with van der Waals surface area (Å²) in [6.45, 7) is 5.84. The Bertz CT molecular complexity index is 246. The lowest BCUT2D eigenvalue weighted by Gasteiger charge is -2.03. The van der Waals surface area contributed by atoms with Crippen LogP contribution in [0.15, 0.2) is 12.7 Å². The number of unbranched alkanes of at least 4 members (excludes halogenated alkanes) is 3. The summed E-state index contributed by atoms with van der Waals surface area (Å²) in [6.07, 6.45) is 7.16. The quantitative estimate of drug-likeness (QED) is 0.332. The summed E-state index contributed by atoms with van der Waals surface area (Å²) in [5.74, 6) is 0. The van der Waals surface area contributed by atoms with Gasteiger partial charge in [-0.2, -0.15) is 4.31 Å². The zero-order valence-corrected chi connectivity index (χ0v) is 10.8. The fourth-order valence-corrected chi connectivity index (χ4v) is 1.79. The predicted octanol–water partition coefficient (Wildman–Crippen LogP) is 1.94. The Kier molecular flexibility index (Phi) is 10.4. The number of hydrogen-bond acceptors (Lipinski definition) is 3. The average Bonchev–Trinajstić information content (AvgIpc) is 1.99. The van der Waals surface area contributed by atoms with E-state index in [1.807, 2.05) is 6.08 Å². The maximum absolute atomic E-state index is 9.63. The van der Waals surface area contributed by atoms with Crippen molar-refractivity contribution >= 4 is 15.6 Å². The van der Waals surface area contributed by atoms with Crippen molar-refractivity contribution in [2.75, 3.05) is 0 Å². The van der Waals surface area contributed by atoms with Crippen LogP contribution in [-0.2, 0) is 13.4 Å². The van der Waals surface area contributed by atoms with Crippen molar-refractivity contribution in [3.05, 3.63) is 12.7 Å². The molecule has 0 saturated heterocycles. The van der Waals surface area contributed by atoms with Crippen molar-refractivity contribution in [1.29, 1.82) is 0 Å². The Morgan fingerprint density at radius 1 is 1.12 bits per heavy atom. The van der Waals surface area contributed by atoms with Gasteiger partial charge in [0.25, 0.3) is 0 Å². The van der Waals surface area contributed by atoms with Crippen LogP contribution in [-0.4, -0.2) is 19.6 Å². The summed E-state index contributed by atoms with van der Waals surface area (Å²) in [5.41, 5.74) is 0. The summed E-state index contributed by atoms with van der Waals surface area (Å²) in [7, 11) is -10.1. The lowest BCUT2D eigenvalue weighted by Crippen LogP contribution is -1.84. The first-order chi connectivity index (χ1) is 7.12. The molecule has 0 spiro atoms. The Morgan fingerprint density at radius 3 is 1.75 bits per heavy atom. The van der Waals surface area contributed by atoms with Gasteiger partial charge in [-0.05, 0) is 12.8 Å². The molecule has 0 aliphatic carbocycles. The minimum atomic E-state index is -5.05. The van der Waals surface area contributed by atoms with Crippen LogP contribution in [0.2, 0.25) is 0 Å². The predicted molar refractivity (Wildman–Crippen MR) is 59.5 cm³/mol. The Hall–Kier alpha value is -0.0000000000000000971. The third-order valence-electron chi connectivity index (χ3n) is 1.22. The van der Waals surface area contributed by atoms with E-state index < -0.39 is 15.6 Å². The molecule has 0 aliphatic heterocycles. The number of rotatable bonds is 6. The smallest absolute Gasteiger partial charge is 0.302 e. The highest BCUT2D eigenvalue weighted by Gasteiger charge is 2.27. The zero-order valence-electron chi connectivity index (χ0n) is 9.02. The van der Waals surface area contributed by atoms with Crippen LogP contribution in [0.25, 0.3) is 0 Å². The van der Waals surface area contributed by atoms with E-state index in [2.05, 4.69) is 17.8 Å². The Morgan fingerprint density at radius 2 is 1.56 bits per heavy atom.